The third kappa shape index (κ3) is 6.83. The second-order valence-electron chi connectivity index (χ2n) is 2.17. The molecule has 0 bridgehead atoms. The summed E-state index contributed by atoms with van der Waals surface area (Å²) in [6.07, 6.45) is 0.123. The molecule has 0 aliphatic rings. The number of hydrogen-bond donors (Lipinski definition) is 2. The molecule has 0 aromatic rings. The maximum atomic E-state index is 10.1. The Bertz CT molecular complexity index is 141. The molecule has 0 fully saturated rings. The molecule has 0 aromatic heterocycles. The fourth-order valence-corrected chi connectivity index (χ4v) is 0.463. The molecule has 66 valence electrons. The number of aliphatic carboxylic acids is 2. The van der Waals surface area contributed by atoms with Crippen LogP contribution < -0.4 is 0 Å². The monoisotopic (exact) mass is 162 g/mol. The maximum Gasteiger partial charge on any atom is 0.306 e. The van der Waals surface area contributed by atoms with Crippen molar-refractivity contribution in [1.29, 1.82) is 0 Å². The van der Waals surface area contributed by atoms with Crippen molar-refractivity contribution in [2.24, 2.45) is 5.92 Å². The topological polar surface area (TPSA) is 74.6 Å². The zero-order chi connectivity index (χ0) is 8.15. The van der Waals surface area contributed by atoms with Crippen molar-refractivity contribution in [2.45, 2.75) is 27.2 Å². The summed E-state index contributed by atoms with van der Waals surface area (Å²) in [7, 11) is 0. The molecule has 0 heterocycles. The average molecular weight is 162 g/mol. The smallest absolute Gasteiger partial charge is 0.306 e. The SMILES string of the molecule is C.CC(CCC(=O)O)C(=O)O. The average Bonchev–Trinajstić information content (AvgIpc) is 1.82. The molecule has 0 radical (unpaired) electrons. The van der Waals surface area contributed by atoms with Gasteiger partial charge in [0.05, 0.1) is 5.92 Å². The van der Waals surface area contributed by atoms with Gasteiger partial charge in [-0.15, -0.1) is 0 Å². The van der Waals surface area contributed by atoms with Crippen molar-refractivity contribution >= 4 is 11.9 Å². The molecule has 0 aromatic carbocycles. The Morgan fingerprint density at radius 1 is 1.36 bits per heavy atom. The molecule has 0 saturated carbocycles. The first-order valence-corrected chi connectivity index (χ1v) is 2.98. The van der Waals surface area contributed by atoms with Crippen molar-refractivity contribution in [2.75, 3.05) is 0 Å². The molecular weight excluding hydrogens is 148 g/mol. The van der Waals surface area contributed by atoms with Crippen molar-refractivity contribution in [3.8, 4) is 0 Å². The summed E-state index contributed by atoms with van der Waals surface area (Å²) in [5, 5.41) is 16.5. The molecule has 2 N–H and O–H groups in total. The van der Waals surface area contributed by atoms with Crippen LogP contribution in [0.15, 0.2) is 0 Å². The van der Waals surface area contributed by atoms with E-state index in [0.717, 1.165) is 0 Å². The van der Waals surface area contributed by atoms with Crippen LogP contribution in [0.3, 0.4) is 0 Å². The highest BCUT2D eigenvalue weighted by atomic mass is 16.4. The summed E-state index contributed by atoms with van der Waals surface area (Å²) in [4.78, 5) is 20.1. The molecule has 0 amide bonds. The van der Waals surface area contributed by atoms with Gasteiger partial charge in [0.25, 0.3) is 0 Å². The highest BCUT2D eigenvalue weighted by molar-refractivity contribution is 5.71. The first-order chi connectivity index (χ1) is 4.54. The van der Waals surface area contributed by atoms with Gasteiger partial charge in [0.2, 0.25) is 0 Å². The zero-order valence-electron chi connectivity index (χ0n) is 5.70. The quantitative estimate of drug-likeness (QED) is 0.651. The number of carbonyl (C=O) groups is 2. The molecule has 0 rings (SSSR count). The van der Waals surface area contributed by atoms with E-state index >= 15 is 0 Å². The predicted molar refractivity (Wildman–Crippen MR) is 40.4 cm³/mol. The van der Waals surface area contributed by atoms with Crippen LogP contribution in [0.5, 0.6) is 0 Å². The van der Waals surface area contributed by atoms with Crippen LogP contribution in [0, 0.1) is 5.92 Å². The highest BCUT2D eigenvalue weighted by Crippen LogP contribution is 2.04. The van der Waals surface area contributed by atoms with E-state index in [2.05, 4.69) is 0 Å². The molecular formula is C7H14O4. The Morgan fingerprint density at radius 3 is 2.09 bits per heavy atom. The third-order valence-electron chi connectivity index (χ3n) is 1.21. The number of hydrogen-bond acceptors (Lipinski definition) is 2. The fourth-order valence-electron chi connectivity index (χ4n) is 0.463. The van der Waals surface area contributed by atoms with E-state index in [1.54, 1.807) is 0 Å². The highest BCUT2D eigenvalue weighted by Gasteiger charge is 2.11. The lowest BCUT2D eigenvalue weighted by Gasteiger charge is -2.01. The van der Waals surface area contributed by atoms with E-state index in [0.29, 0.717) is 0 Å². The Labute approximate surface area is 65.8 Å². The molecule has 0 aliphatic carbocycles. The Balaban J connectivity index is 0. The maximum absolute atomic E-state index is 10.1. The minimum atomic E-state index is -0.951. The third-order valence-corrected chi connectivity index (χ3v) is 1.21. The van der Waals surface area contributed by atoms with Crippen molar-refractivity contribution in [3.63, 3.8) is 0 Å². The second-order valence-corrected chi connectivity index (χ2v) is 2.17. The summed E-state index contributed by atoms with van der Waals surface area (Å²) in [5.74, 6) is -2.45. The lowest BCUT2D eigenvalue weighted by molar-refractivity contribution is -0.142. The van der Waals surface area contributed by atoms with E-state index in [1.807, 2.05) is 0 Å². The zero-order valence-corrected chi connectivity index (χ0v) is 5.70. The summed E-state index contributed by atoms with van der Waals surface area (Å²) in [5.41, 5.74) is 0. The van der Waals surface area contributed by atoms with Gasteiger partial charge in [-0.25, -0.2) is 0 Å². The first kappa shape index (κ1) is 12.6. The lowest BCUT2D eigenvalue weighted by atomic mass is 10.1. The van der Waals surface area contributed by atoms with Crippen LogP contribution >= 0.6 is 0 Å². The van der Waals surface area contributed by atoms with Crippen LogP contribution in [0.4, 0.5) is 0 Å². The van der Waals surface area contributed by atoms with Crippen LogP contribution in [-0.2, 0) is 9.59 Å². The largest absolute Gasteiger partial charge is 0.481 e. The van der Waals surface area contributed by atoms with Crippen molar-refractivity contribution in [1.82, 2.24) is 0 Å². The summed E-state index contributed by atoms with van der Waals surface area (Å²) >= 11 is 0. The number of rotatable bonds is 4. The molecule has 0 aliphatic heterocycles. The van der Waals surface area contributed by atoms with E-state index in [-0.39, 0.29) is 20.3 Å². The van der Waals surface area contributed by atoms with E-state index in [1.165, 1.54) is 6.92 Å². The van der Waals surface area contributed by atoms with Crippen molar-refractivity contribution in [3.05, 3.63) is 0 Å². The summed E-state index contributed by atoms with van der Waals surface area (Å²) in [6.45, 7) is 1.49. The minimum absolute atomic E-state index is 0. The van der Waals surface area contributed by atoms with Gasteiger partial charge < -0.3 is 10.2 Å². The Morgan fingerprint density at radius 2 is 1.82 bits per heavy atom. The summed E-state index contributed by atoms with van der Waals surface area (Å²) in [6, 6.07) is 0. The minimum Gasteiger partial charge on any atom is -0.481 e. The normalized spacial score (nSPS) is 11.4. The Kier molecular flexibility index (Phi) is 6.53. The Hall–Kier alpha value is -1.06. The van der Waals surface area contributed by atoms with E-state index in [4.69, 9.17) is 10.2 Å². The molecule has 0 spiro atoms. The molecule has 4 nitrogen and oxygen atoms in total. The fraction of sp³-hybridized carbons (Fsp3) is 0.714. The first-order valence-electron chi connectivity index (χ1n) is 2.98. The van der Waals surface area contributed by atoms with Gasteiger partial charge >= 0.3 is 11.9 Å². The van der Waals surface area contributed by atoms with E-state index < -0.39 is 17.9 Å². The molecule has 4 heteroatoms. The predicted octanol–water partition coefficient (Wildman–Crippen LogP) is 1.21. The van der Waals surface area contributed by atoms with Gasteiger partial charge in [-0.05, 0) is 6.42 Å². The van der Waals surface area contributed by atoms with E-state index in [9.17, 15) is 9.59 Å². The molecule has 1 unspecified atom stereocenters. The number of carboxylic acid groups (broad SMARTS) is 2. The van der Waals surface area contributed by atoms with Gasteiger partial charge in [0.1, 0.15) is 0 Å². The molecule has 11 heavy (non-hydrogen) atoms. The summed E-state index contributed by atoms with van der Waals surface area (Å²) < 4.78 is 0. The molecule has 0 saturated heterocycles. The molecule has 1 atom stereocenters. The van der Waals surface area contributed by atoms with Gasteiger partial charge in [0, 0.05) is 6.42 Å². The van der Waals surface area contributed by atoms with Crippen LogP contribution in [0.2, 0.25) is 0 Å². The van der Waals surface area contributed by atoms with Crippen LogP contribution in [0.1, 0.15) is 27.2 Å². The van der Waals surface area contributed by atoms with Crippen molar-refractivity contribution < 1.29 is 19.8 Å². The lowest BCUT2D eigenvalue weighted by Crippen LogP contribution is -2.11. The van der Waals surface area contributed by atoms with Crippen LogP contribution in [0.25, 0.3) is 0 Å². The van der Waals surface area contributed by atoms with Gasteiger partial charge in [-0.3, -0.25) is 9.59 Å². The number of carboxylic acids is 2. The second kappa shape index (κ2) is 5.70. The standard InChI is InChI=1S/C6H10O4.CH4/c1-4(6(9)10)2-3-5(7)8;/h4H,2-3H2,1H3,(H,7,8)(H,9,10);1H4. The van der Waals surface area contributed by atoms with Crippen LogP contribution in [-0.4, -0.2) is 22.2 Å². The van der Waals surface area contributed by atoms with Gasteiger partial charge in [-0.2, -0.15) is 0 Å². The van der Waals surface area contributed by atoms with Gasteiger partial charge in [0.15, 0.2) is 0 Å². The van der Waals surface area contributed by atoms with Gasteiger partial charge in [-0.1, -0.05) is 14.4 Å².